The summed E-state index contributed by atoms with van der Waals surface area (Å²) in [6, 6.07) is 4.36. The smallest absolute Gasteiger partial charge is 0.0598 e. The molecule has 1 heterocycles. The SMILES string of the molecule is CCCCC(CC)CSc1cccs1. The molecule has 0 fully saturated rings. The quantitative estimate of drug-likeness (QED) is 0.588. The van der Waals surface area contributed by atoms with Gasteiger partial charge in [-0.1, -0.05) is 39.2 Å². The van der Waals surface area contributed by atoms with Crippen LogP contribution in [0.4, 0.5) is 0 Å². The topological polar surface area (TPSA) is 0 Å². The maximum atomic E-state index is 2.31. The molecule has 2 heteroatoms. The van der Waals surface area contributed by atoms with Gasteiger partial charge in [0.2, 0.25) is 0 Å². The van der Waals surface area contributed by atoms with Crippen molar-refractivity contribution in [2.75, 3.05) is 5.75 Å². The van der Waals surface area contributed by atoms with Gasteiger partial charge in [0.05, 0.1) is 4.21 Å². The van der Waals surface area contributed by atoms with Crippen LogP contribution in [0.1, 0.15) is 39.5 Å². The fourth-order valence-electron chi connectivity index (χ4n) is 1.44. The molecule has 0 saturated heterocycles. The van der Waals surface area contributed by atoms with Crippen LogP contribution in [0.5, 0.6) is 0 Å². The van der Waals surface area contributed by atoms with Crippen molar-refractivity contribution in [3.63, 3.8) is 0 Å². The summed E-state index contributed by atoms with van der Waals surface area (Å²) in [5.41, 5.74) is 0. The molecule has 0 radical (unpaired) electrons. The summed E-state index contributed by atoms with van der Waals surface area (Å²) in [7, 11) is 0. The van der Waals surface area contributed by atoms with Gasteiger partial charge >= 0.3 is 0 Å². The molecule has 1 aromatic rings. The van der Waals surface area contributed by atoms with Crippen molar-refractivity contribution in [1.82, 2.24) is 0 Å². The molecule has 0 saturated carbocycles. The molecule has 0 aliphatic carbocycles. The number of thiophene rings is 1. The minimum Gasteiger partial charge on any atom is -0.137 e. The molecule has 0 amide bonds. The first-order valence-electron chi connectivity index (χ1n) is 5.53. The zero-order valence-corrected chi connectivity index (χ0v) is 10.8. The van der Waals surface area contributed by atoms with E-state index in [0.717, 1.165) is 5.92 Å². The molecular weight excluding hydrogens is 208 g/mol. The van der Waals surface area contributed by atoms with Crippen molar-refractivity contribution in [2.24, 2.45) is 5.92 Å². The third kappa shape index (κ3) is 4.52. The highest BCUT2D eigenvalue weighted by molar-refractivity contribution is 8.01. The average molecular weight is 228 g/mol. The second-order valence-electron chi connectivity index (χ2n) is 3.66. The number of hydrogen-bond acceptors (Lipinski definition) is 2. The minimum absolute atomic E-state index is 0.919. The maximum absolute atomic E-state index is 2.31. The Hall–Kier alpha value is 0.0500. The summed E-state index contributed by atoms with van der Waals surface area (Å²) in [5, 5.41) is 2.16. The fraction of sp³-hybridized carbons (Fsp3) is 0.667. The Balaban J connectivity index is 2.20. The third-order valence-corrected chi connectivity index (χ3v) is 4.86. The summed E-state index contributed by atoms with van der Waals surface area (Å²) in [6.45, 7) is 4.59. The second-order valence-corrected chi connectivity index (χ2v) is 5.93. The van der Waals surface area contributed by atoms with Crippen LogP contribution in [-0.4, -0.2) is 5.75 Å². The lowest BCUT2D eigenvalue weighted by atomic mass is 10.0. The van der Waals surface area contributed by atoms with E-state index in [1.807, 2.05) is 23.1 Å². The van der Waals surface area contributed by atoms with Gasteiger partial charge in [0.15, 0.2) is 0 Å². The Morgan fingerprint density at radius 1 is 1.43 bits per heavy atom. The van der Waals surface area contributed by atoms with Gasteiger partial charge in [0.25, 0.3) is 0 Å². The standard InChI is InChI=1S/C12H20S2/c1-3-5-7-11(4-2)10-14-12-8-6-9-13-12/h6,8-9,11H,3-5,7,10H2,1-2H3. The van der Waals surface area contributed by atoms with E-state index in [0.29, 0.717) is 0 Å². The van der Waals surface area contributed by atoms with Crippen LogP contribution in [-0.2, 0) is 0 Å². The lowest BCUT2D eigenvalue weighted by Crippen LogP contribution is -2.01. The fourth-order valence-corrected chi connectivity index (χ4v) is 3.51. The van der Waals surface area contributed by atoms with E-state index in [1.54, 1.807) is 0 Å². The van der Waals surface area contributed by atoms with E-state index in [4.69, 9.17) is 0 Å². The summed E-state index contributed by atoms with van der Waals surface area (Å²) in [6.07, 6.45) is 5.47. The van der Waals surface area contributed by atoms with Gasteiger partial charge in [-0.2, -0.15) is 0 Å². The molecule has 0 nitrogen and oxygen atoms in total. The first kappa shape index (κ1) is 12.1. The highest BCUT2D eigenvalue weighted by Crippen LogP contribution is 2.28. The average Bonchev–Trinajstić information content (AvgIpc) is 2.71. The lowest BCUT2D eigenvalue weighted by Gasteiger charge is -2.12. The van der Waals surface area contributed by atoms with E-state index in [1.165, 1.54) is 35.6 Å². The van der Waals surface area contributed by atoms with Gasteiger partial charge in [0, 0.05) is 5.75 Å². The number of unbranched alkanes of at least 4 members (excludes halogenated alkanes) is 1. The Labute approximate surface area is 96.1 Å². The van der Waals surface area contributed by atoms with Gasteiger partial charge in [-0.15, -0.1) is 23.1 Å². The van der Waals surface area contributed by atoms with Crippen molar-refractivity contribution in [3.8, 4) is 0 Å². The van der Waals surface area contributed by atoms with Crippen molar-refractivity contribution in [1.29, 1.82) is 0 Å². The molecule has 0 bridgehead atoms. The van der Waals surface area contributed by atoms with Crippen LogP contribution < -0.4 is 0 Å². The normalized spacial score (nSPS) is 13.0. The first-order valence-corrected chi connectivity index (χ1v) is 7.39. The van der Waals surface area contributed by atoms with E-state index in [9.17, 15) is 0 Å². The number of hydrogen-bond donors (Lipinski definition) is 0. The first-order chi connectivity index (χ1) is 6.86. The van der Waals surface area contributed by atoms with Gasteiger partial charge in [-0.3, -0.25) is 0 Å². The van der Waals surface area contributed by atoms with E-state index >= 15 is 0 Å². The van der Waals surface area contributed by atoms with E-state index in [2.05, 4.69) is 31.4 Å². The van der Waals surface area contributed by atoms with Crippen LogP contribution in [0.15, 0.2) is 21.7 Å². The lowest BCUT2D eigenvalue weighted by molar-refractivity contribution is 0.499. The molecule has 0 aliphatic heterocycles. The van der Waals surface area contributed by atoms with Crippen molar-refractivity contribution in [3.05, 3.63) is 17.5 Å². The second kappa shape index (κ2) is 7.36. The summed E-state index contributed by atoms with van der Waals surface area (Å²) < 4.78 is 1.47. The number of rotatable bonds is 7. The van der Waals surface area contributed by atoms with Crippen LogP contribution >= 0.6 is 23.1 Å². The van der Waals surface area contributed by atoms with Crippen LogP contribution in [0.3, 0.4) is 0 Å². The Kier molecular flexibility index (Phi) is 6.37. The van der Waals surface area contributed by atoms with E-state index in [-0.39, 0.29) is 0 Å². The monoisotopic (exact) mass is 228 g/mol. The molecule has 0 spiro atoms. The van der Waals surface area contributed by atoms with Crippen molar-refractivity contribution < 1.29 is 0 Å². The highest BCUT2D eigenvalue weighted by Gasteiger charge is 2.06. The Morgan fingerprint density at radius 2 is 2.29 bits per heavy atom. The summed E-state index contributed by atoms with van der Waals surface area (Å²) in [4.78, 5) is 0. The predicted octanol–water partition coefficient (Wildman–Crippen LogP) is 5.06. The van der Waals surface area contributed by atoms with Gasteiger partial charge < -0.3 is 0 Å². The molecule has 1 atom stereocenters. The highest BCUT2D eigenvalue weighted by atomic mass is 32.2. The Morgan fingerprint density at radius 3 is 2.86 bits per heavy atom. The molecule has 1 rings (SSSR count). The zero-order valence-electron chi connectivity index (χ0n) is 9.16. The van der Waals surface area contributed by atoms with Gasteiger partial charge in [-0.25, -0.2) is 0 Å². The van der Waals surface area contributed by atoms with E-state index < -0.39 is 0 Å². The van der Waals surface area contributed by atoms with Crippen LogP contribution in [0.25, 0.3) is 0 Å². The molecule has 0 aliphatic rings. The summed E-state index contributed by atoms with van der Waals surface area (Å²) >= 11 is 3.89. The van der Waals surface area contributed by atoms with Crippen LogP contribution in [0.2, 0.25) is 0 Å². The molecule has 1 unspecified atom stereocenters. The van der Waals surface area contributed by atoms with Gasteiger partial charge in [-0.05, 0) is 23.8 Å². The largest absolute Gasteiger partial charge is 0.137 e. The number of thioether (sulfide) groups is 1. The molecular formula is C12H20S2. The van der Waals surface area contributed by atoms with Crippen molar-refractivity contribution >= 4 is 23.1 Å². The molecule has 1 aromatic heterocycles. The molecule has 80 valence electrons. The van der Waals surface area contributed by atoms with Gasteiger partial charge in [0.1, 0.15) is 0 Å². The van der Waals surface area contributed by atoms with Crippen LogP contribution in [0, 0.1) is 5.92 Å². The van der Waals surface area contributed by atoms with Crippen molar-refractivity contribution in [2.45, 2.75) is 43.7 Å². The molecule has 14 heavy (non-hydrogen) atoms. The molecule has 0 N–H and O–H groups in total. The molecule has 0 aromatic carbocycles. The predicted molar refractivity (Wildman–Crippen MR) is 68.3 cm³/mol. The maximum Gasteiger partial charge on any atom is 0.0598 e. The third-order valence-electron chi connectivity index (χ3n) is 2.50. The Bertz CT molecular complexity index is 216. The minimum atomic E-state index is 0.919. The zero-order chi connectivity index (χ0) is 10.2. The summed E-state index contributed by atoms with van der Waals surface area (Å²) in [5.74, 6) is 2.22.